The van der Waals surface area contributed by atoms with Gasteiger partial charge in [0.05, 0.1) is 0 Å². The molecular weight excluding hydrogens is 307 g/mol. The second-order valence-corrected chi connectivity index (χ2v) is 6.97. The summed E-state index contributed by atoms with van der Waals surface area (Å²) in [6, 6.07) is 19.2. The van der Waals surface area contributed by atoms with E-state index in [-0.39, 0.29) is 6.71 Å². The van der Waals surface area contributed by atoms with Gasteiger partial charge in [0, 0.05) is 5.46 Å². The number of para-hydroxylation sites is 1. The average molecular weight is 326 g/mol. The van der Waals surface area contributed by atoms with Crippen molar-refractivity contribution in [2.75, 3.05) is 0 Å². The summed E-state index contributed by atoms with van der Waals surface area (Å²) in [5.74, 6) is 3.80. The van der Waals surface area contributed by atoms with Crippen LogP contribution < -0.4 is 25.9 Å². The van der Waals surface area contributed by atoms with Gasteiger partial charge in [0.2, 0.25) is 0 Å². The quantitative estimate of drug-likeness (QED) is 0.461. The molecule has 3 aromatic carbocycles. The van der Waals surface area contributed by atoms with Gasteiger partial charge in [-0.05, 0) is 59.7 Å². The minimum atomic E-state index is 0.176. The van der Waals surface area contributed by atoms with Crippen molar-refractivity contribution in [3.05, 3.63) is 65.7 Å². The first-order valence-electron chi connectivity index (χ1n) is 8.96. The molecule has 0 aliphatic carbocycles. The van der Waals surface area contributed by atoms with Crippen LogP contribution in [0.15, 0.2) is 54.6 Å². The number of hydrogen-bond donors (Lipinski definition) is 0. The molecule has 2 aliphatic rings. The van der Waals surface area contributed by atoms with Crippen molar-refractivity contribution < 1.29 is 9.47 Å². The van der Waals surface area contributed by atoms with Gasteiger partial charge in [0.25, 0.3) is 6.71 Å². The van der Waals surface area contributed by atoms with E-state index >= 15 is 0 Å². The largest absolute Gasteiger partial charge is 0.458 e. The first-order valence-corrected chi connectivity index (χ1v) is 8.96. The third-order valence-electron chi connectivity index (χ3n) is 5.14. The third kappa shape index (κ3) is 2.19. The highest BCUT2D eigenvalue weighted by Gasteiger charge is 2.40. The van der Waals surface area contributed by atoms with Gasteiger partial charge in [-0.1, -0.05) is 43.7 Å². The molecule has 25 heavy (non-hydrogen) atoms. The SMILES string of the molecule is CCCc1cc2c3c(c1)Oc1cc(C)ccc1B3c1ccccc1O2. The van der Waals surface area contributed by atoms with Gasteiger partial charge < -0.3 is 9.47 Å². The molecule has 0 fully saturated rings. The van der Waals surface area contributed by atoms with E-state index in [1.54, 1.807) is 0 Å². The monoisotopic (exact) mass is 326 g/mol. The van der Waals surface area contributed by atoms with E-state index in [0.717, 1.165) is 41.3 Å². The number of rotatable bonds is 2. The smallest absolute Gasteiger partial charge is 0.260 e. The molecule has 0 aromatic heterocycles. The molecule has 2 nitrogen and oxygen atoms in total. The van der Waals surface area contributed by atoms with Crippen LogP contribution in [0.5, 0.6) is 23.0 Å². The number of fused-ring (bicyclic) bond motifs is 4. The number of ether oxygens (including phenoxy) is 2. The topological polar surface area (TPSA) is 18.5 Å². The van der Waals surface area contributed by atoms with E-state index in [0.29, 0.717) is 0 Å². The molecule has 5 rings (SSSR count). The Balaban J connectivity index is 1.79. The molecule has 0 N–H and O–H groups in total. The van der Waals surface area contributed by atoms with Crippen molar-refractivity contribution in [3.63, 3.8) is 0 Å². The van der Waals surface area contributed by atoms with Crippen LogP contribution in [0.2, 0.25) is 0 Å². The standard InChI is InChI=1S/C22H19BO2/c1-3-6-15-12-20-22-21(13-15)25-19-11-14(2)9-10-17(19)23(22)16-7-4-5-8-18(16)24-20/h4-5,7-13H,3,6H2,1-2H3. The highest BCUT2D eigenvalue weighted by atomic mass is 16.5. The number of hydrogen-bond acceptors (Lipinski definition) is 2. The van der Waals surface area contributed by atoms with Crippen LogP contribution in [0.4, 0.5) is 0 Å². The van der Waals surface area contributed by atoms with Crippen LogP contribution in [0, 0.1) is 6.92 Å². The van der Waals surface area contributed by atoms with Gasteiger partial charge in [-0.3, -0.25) is 0 Å². The summed E-state index contributed by atoms with van der Waals surface area (Å²) in [4.78, 5) is 0. The van der Waals surface area contributed by atoms with Crippen molar-refractivity contribution in [2.45, 2.75) is 26.7 Å². The van der Waals surface area contributed by atoms with Crippen molar-refractivity contribution >= 4 is 23.1 Å². The molecule has 0 atom stereocenters. The summed E-state index contributed by atoms with van der Waals surface area (Å²) in [5, 5.41) is 0. The van der Waals surface area contributed by atoms with Crippen molar-refractivity contribution in [2.24, 2.45) is 0 Å². The van der Waals surface area contributed by atoms with Crippen LogP contribution >= 0.6 is 0 Å². The molecule has 3 aromatic rings. The van der Waals surface area contributed by atoms with Crippen LogP contribution in [0.1, 0.15) is 24.5 Å². The molecule has 0 saturated heterocycles. The minimum Gasteiger partial charge on any atom is -0.458 e. The Hall–Kier alpha value is -2.68. The van der Waals surface area contributed by atoms with Gasteiger partial charge in [-0.25, -0.2) is 0 Å². The van der Waals surface area contributed by atoms with Crippen LogP contribution in [-0.4, -0.2) is 6.71 Å². The highest BCUT2D eigenvalue weighted by Crippen LogP contribution is 2.35. The van der Waals surface area contributed by atoms with Crippen LogP contribution in [0.3, 0.4) is 0 Å². The van der Waals surface area contributed by atoms with Crippen molar-refractivity contribution in [1.29, 1.82) is 0 Å². The molecule has 122 valence electrons. The molecule has 0 saturated carbocycles. The third-order valence-corrected chi connectivity index (χ3v) is 5.14. The highest BCUT2D eigenvalue weighted by molar-refractivity contribution is 6.98. The zero-order chi connectivity index (χ0) is 17.0. The van der Waals surface area contributed by atoms with Gasteiger partial charge in [-0.2, -0.15) is 0 Å². The first-order chi connectivity index (χ1) is 12.2. The lowest BCUT2D eigenvalue weighted by molar-refractivity contribution is 0.463. The molecule has 0 amide bonds. The predicted octanol–water partition coefficient (Wildman–Crippen LogP) is 3.68. The van der Waals surface area contributed by atoms with E-state index in [1.807, 2.05) is 6.07 Å². The summed E-state index contributed by atoms with van der Waals surface area (Å²) in [7, 11) is 0. The van der Waals surface area contributed by atoms with Gasteiger partial charge in [0.15, 0.2) is 0 Å². The Morgan fingerprint density at radius 2 is 1.52 bits per heavy atom. The Morgan fingerprint density at radius 1 is 0.800 bits per heavy atom. The molecule has 3 heteroatoms. The maximum absolute atomic E-state index is 6.33. The first kappa shape index (κ1) is 14.6. The summed E-state index contributed by atoms with van der Waals surface area (Å²) >= 11 is 0. The molecule has 2 heterocycles. The fourth-order valence-corrected chi connectivity index (χ4v) is 4.04. The zero-order valence-corrected chi connectivity index (χ0v) is 14.5. The minimum absolute atomic E-state index is 0.176. The van der Waals surface area contributed by atoms with Crippen LogP contribution in [-0.2, 0) is 6.42 Å². The summed E-state index contributed by atoms with van der Waals surface area (Å²) in [5.41, 5.74) is 6.08. The van der Waals surface area contributed by atoms with E-state index in [4.69, 9.17) is 9.47 Å². The lowest BCUT2D eigenvalue weighted by Gasteiger charge is -2.33. The Morgan fingerprint density at radius 3 is 2.32 bits per heavy atom. The lowest BCUT2D eigenvalue weighted by Crippen LogP contribution is -2.57. The van der Waals surface area contributed by atoms with Gasteiger partial charge in [0.1, 0.15) is 23.0 Å². The predicted molar refractivity (Wildman–Crippen MR) is 103 cm³/mol. The van der Waals surface area contributed by atoms with Crippen LogP contribution in [0.25, 0.3) is 0 Å². The Kier molecular flexibility index (Phi) is 3.17. The zero-order valence-electron chi connectivity index (χ0n) is 14.5. The fourth-order valence-electron chi connectivity index (χ4n) is 4.04. The van der Waals surface area contributed by atoms with E-state index < -0.39 is 0 Å². The summed E-state index contributed by atoms with van der Waals surface area (Å²) in [6.07, 6.45) is 2.13. The summed E-state index contributed by atoms with van der Waals surface area (Å²) < 4.78 is 12.6. The molecule has 0 bridgehead atoms. The number of benzene rings is 3. The molecule has 0 radical (unpaired) electrons. The molecule has 0 spiro atoms. The maximum atomic E-state index is 6.33. The van der Waals surface area contributed by atoms with Crippen molar-refractivity contribution in [1.82, 2.24) is 0 Å². The lowest BCUT2D eigenvalue weighted by atomic mass is 9.35. The normalized spacial score (nSPS) is 13.3. The second-order valence-electron chi connectivity index (χ2n) is 6.97. The Bertz CT molecular complexity index is 993. The van der Waals surface area contributed by atoms with E-state index in [2.05, 4.69) is 62.4 Å². The van der Waals surface area contributed by atoms with E-state index in [1.165, 1.54) is 22.1 Å². The van der Waals surface area contributed by atoms with Crippen molar-refractivity contribution in [3.8, 4) is 23.0 Å². The fraction of sp³-hybridized carbons (Fsp3) is 0.182. The maximum Gasteiger partial charge on any atom is 0.260 e. The molecule has 0 unspecified atom stereocenters. The molecule has 2 aliphatic heterocycles. The van der Waals surface area contributed by atoms with Gasteiger partial charge >= 0.3 is 0 Å². The average Bonchev–Trinajstić information content (AvgIpc) is 2.61. The summed E-state index contributed by atoms with van der Waals surface area (Å²) in [6.45, 7) is 4.48. The Labute approximate surface area is 148 Å². The second kappa shape index (κ2) is 5.42. The van der Waals surface area contributed by atoms with E-state index in [9.17, 15) is 0 Å². The number of aryl methyl sites for hydroxylation is 2. The van der Waals surface area contributed by atoms with Gasteiger partial charge in [-0.15, -0.1) is 0 Å². The molecular formula is C22H19BO2.